The number of nitrogens with zero attached hydrogens (tertiary/aromatic N) is 3. The molecule has 0 radical (unpaired) electrons. The van der Waals surface area contributed by atoms with Crippen molar-refractivity contribution in [2.75, 3.05) is 47.5 Å². The first kappa shape index (κ1) is 52.1. The first-order chi connectivity index (χ1) is 33.8. The summed E-state index contributed by atoms with van der Waals surface area (Å²) in [5.74, 6) is 1.56. The van der Waals surface area contributed by atoms with Gasteiger partial charge in [-0.15, -0.1) is 22.7 Å². The third-order valence-electron chi connectivity index (χ3n) is 12.0. The summed E-state index contributed by atoms with van der Waals surface area (Å²) >= 11 is 2.39. The van der Waals surface area contributed by atoms with Crippen LogP contribution in [0, 0.1) is 0 Å². The molecule has 0 bridgehead atoms. The second kappa shape index (κ2) is 24.9. The van der Waals surface area contributed by atoms with Crippen LogP contribution in [0.1, 0.15) is 67.3 Å². The van der Waals surface area contributed by atoms with Gasteiger partial charge in [-0.3, -0.25) is 14.6 Å². The highest BCUT2D eigenvalue weighted by molar-refractivity contribution is 7.91. The number of benzene rings is 3. The third-order valence-corrected chi connectivity index (χ3v) is 18.9. The predicted molar refractivity (Wildman–Crippen MR) is 271 cm³/mol. The summed E-state index contributed by atoms with van der Waals surface area (Å²) in [5.41, 5.74) is 3.30. The van der Waals surface area contributed by atoms with E-state index in [2.05, 4.69) is 26.3 Å². The number of pyridine rings is 1. The van der Waals surface area contributed by atoms with Gasteiger partial charge in [-0.1, -0.05) is 24.3 Å². The van der Waals surface area contributed by atoms with Crippen molar-refractivity contribution >= 4 is 54.5 Å². The Hall–Kier alpha value is -5.71. The predicted octanol–water partition coefficient (Wildman–Crippen LogP) is 6.66. The second-order valence-corrected chi connectivity index (χ2v) is 23.3. The van der Waals surface area contributed by atoms with Crippen molar-refractivity contribution in [1.29, 1.82) is 0 Å². The number of methoxy groups -OCH3 is 3. The lowest BCUT2D eigenvalue weighted by molar-refractivity contribution is 0.0943. The van der Waals surface area contributed by atoms with Crippen LogP contribution >= 0.6 is 22.7 Å². The highest BCUT2D eigenvalue weighted by Crippen LogP contribution is 2.29. The normalized spacial score (nSPS) is 15.1. The number of nitrogens with one attached hydrogen (secondary N) is 4. The van der Waals surface area contributed by atoms with Crippen LogP contribution in [0.4, 0.5) is 0 Å². The van der Waals surface area contributed by atoms with Gasteiger partial charge in [-0.05, 0) is 122 Å². The molecular formula is C50H59N7O9S4. The van der Waals surface area contributed by atoms with Crippen LogP contribution < -0.4 is 35.5 Å². The first-order valence-electron chi connectivity index (χ1n) is 22.9. The fourth-order valence-corrected chi connectivity index (χ4v) is 13.7. The van der Waals surface area contributed by atoms with Crippen LogP contribution in [-0.2, 0) is 46.2 Å². The van der Waals surface area contributed by atoms with Crippen molar-refractivity contribution in [1.82, 2.24) is 34.9 Å². The number of ether oxygens (including phenoxy) is 3. The minimum absolute atomic E-state index is 0.238. The van der Waals surface area contributed by atoms with E-state index < -0.39 is 20.0 Å². The number of carbonyl (C=O) groups excluding carboxylic acids is 2. The number of hydrogen-bond donors (Lipinski definition) is 4. The van der Waals surface area contributed by atoms with E-state index in [1.165, 1.54) is 22.7 Å². The van der Waals surface area contributed by atoms with Gasteiger partial charge in [-0.25, -0.2) is 16.8 Å². The second-order valence-electron chi connectivity index (χ2n) is 16.6. The Labute approximate surface area is 418 Å². The molecule has 3 aromatic heterocycles. The fraction of sp³-hybridized carbons (Fsp3) is 0.340. The molecule has 0 atom stereocenters. The monoisotopic (exact) mass is 1030 g/mol. The molecule has 16 nitrogen and oxygen atoms in total. The van der Waals surface area contributed by atoms with Crippen molar-refractivity contribution in [2.45, 2.75) is 72.4 Å². The molecule has 0 spiro atoms. The van der Waals surface area contributed by atoms with Crippen molar-refractivity contribution in [3.05, 3.63) is 154 Å². The highest BCUT2D eigenvalue weighted by atomic mass is 32.3. The molecule has 8 rings (SSSR count). The summed E-state index contributed by atoms with van der Waals surface area (Å²) in [6.07, 6.45) is 6.57. The van der Waals surface area contributed by atoms with Gasteiger partial charge in [-0.2, -0.15) is 8.61 Å². The zero-order valence-electron chi connectivity index (χ0n) is 39.3. The van der Waals surface area contributed by atoms with Gasteiger partial charge in [0.05, 0.1) is 34.4 Å². The zero-order chi connectivity index (χ0) is 49.5. The molecule has 3 aromatic carbocycles. The summed E-state index contributed by atoms with van der Waals surface area (Å²) in [7, 11) is -2.36. The van der Waals surface area contributed by atoms with Crippen LogP contribution in [0.3, 0.4) is 0 Å². The number of thiophene rings is 2. The summed E-state index contributed by atoms with van der Waals surface area (Å²) < 4.78 is 71.8. The van der Waals surface area contributed by atoms with Crippen LogP contribution in [-0.4, -0.2) is 102 Å². The number of aromatic nitrogens is 1. The Morgan fingerprint density at radius 1 is 0.543 bits per heavy atom. The number of carbonyl (C=O) groups is 2. The minimum atomic E-state index is -3.56. The van der Waals surface area contributed by atoms with Crippen LogP contribution in [0.5, 0.6) is 17.2 Å². The van der Waals surface area contributed by atoms with E-state index in [1.807, 2.05) is 36.4 Å². The van der Waals surface area contributed by atoms with Gasteiger partial charge in [0.15, 0.2) is 0 Å². The quantitative estimate of drug-likeness (QED) is 0.0674. The zero-order valence-corrected chi connectivity index (χ0v) is 42.6. The molecule has 5 heterocycles. The molecule has 20 heteroatoms. The molecule has 0 saturated carbocycles. The molecule has 70 heavy (non-hydrogen) atoms. The van der Waals surface area contributed by atoms with Crippen molar-refractivity contribution in [3.63, 3.8) is 0 Å². The molecule has 2 amide bonds. The molecule has 0 aliphatic carbocycles. The Balaban J connectivity index is 0.000000207. The fourth-order valence-electron chi connectivity index (χ4n) is 7.87. The van der Waals surface area contributed by atoms with Crippen LogP contribution in [0.25, 0.3) is 0 Å². The Bertz CT molecular complexity index is 2860. The van der Waals surface area contributed by atoms with Crippen molar-refractivity contribution in [3.8, 4) is 17.2 Å². The van der Waals surface area contributed by atoms with Gasteiger partial charge in [0.2, 0.25) is 0 Å². The average molecular weight is 1030 g/mol. The van der Waals surface area contributed by atoms with Crippen LogP contribution in [0.15, 0.2) is 130 Å². The Morgan fingerprint density at radius 3 is 1.37 bits per heavy atom. The third kappa shape index (κ3) is 14.2. The van der Waals surface area contributed by atoms with E-state index in [0.29, 0.717) is 57.2 Å². The van der Waals surface area contributed by atoms with E-state index >= 15 is 0 Å². The van der Waals surface area contributed by atoms with E-state index in [-0.39, 0.29) is 37.0 Å². The molecular weight excluding hydrogens is 971 g/mol. The minimum Gasteiger partial charge on any atom is -0.497 e. The summed E-state index contributed by atoms with van der Waals surface area (Å²) in [5, 5.41) is 12.7. The molecule has 4 N–H and O–H groups in total. The number of sulfonamides is 2. The van der Waals surface area contributed by atoms with Gasteiger partial charge in [0, 0.05) is 84.6 Å². The number of amides is 2. The standard InChI is InChI=1S/C26H31N3O5S2.C24H28N4O4S2/c1-33-22-8-6-19(7-9-22)17-27-21-12-14-29(15-13-21)36(31,32)25-11-10-24(35-25)18-28-26(30)20-4-3-5-23(16-20)34-2;1-32-21-4-2-3-19(15-21)24(29)27-17-22-5-6-23(33-22)34(30,31)28-13-9-20(10-14-28)26-16-18-7-11-25-12-8-18/h3-11,16,21,27H,12-15,17-18H2,1-2H3,(H,28,30);2-8,11-12,15,20,26H,9-10,13-14,16-17H2,1H3,(H,27,29). The van der Waals surface area contributed by atoms with Crippen molar-refractivity contribution < 1.29 is 40.6 Å². The topological polar surface area (TPSA) is 198 Å². The van der Waals surface area contributed by atoms with Gasteiger partial charge in [0.1, 0.15) is 25.7 Å². The molecule has 2 aliphatic rings. The van der Waals surface area contributed by atoms with E-state index in [4.69, 9.17) is 14.2 Å². The number of rotatable bonds is 19. The molecule has 2 saturated heterocycles. The largest absolute Gasteiger partial charge is 0.497 e. The number of hydrogen-bond acceptors (Lipinski definition) is 14. The Morgan fingerprint density at radius 2 is 0.957 bits per heavy atom. The lowest BCUT2D eigenvalue weighted by atomic mass is 10.1. The van der Waals surface area contributed by atoms with Gasteiger partial charge < -0.3 is 35.5 Å². The first-order valence-corrected chi connectivity index (χ1v) is 27.4. The smallest absolute Gasteiger partial charge is 0.252 e. The molecule has 6 aromatic rings. The molecule has 2 fully saturated rings. The average Bonchev–Trinajstić information content (AvgIpc) is 4.11. The van der Waals surface area contributed by atoms with Crippen molar-refractivity contribution in [2.24, 2.45) is 0 Å². The SMILES string of the molecule is COc1ccc(CNC2CCN(S(=O)(=O)c3ccc(CNC(=O)c4cccc(OC)c4)s3)CC2)cc1.COc1cccc(C(=O)NCc2ccc(S(=O)(=O)N3CCC(NCc4ccncc4)CC3)s2)c1. The lowest BCUT2D eigenvalue weighted by Crippen LogP contribution is -2.44. The summed E-state index contributed by atoms with van der Waals surface area (Å²) in [4.78, 5) is 30.4. The maximum absolute atomic E-state index is 13.2. The van der Waals surface area contributed by atoms with E-state index in [1.54, 1.807) is 115 Å². The van der Waals surface area contributed by atoms with Crippen LogP contribution in [0.2, 0.25) is 0 Å². The number of piperidine rings is 2. The van der Waals surface area contributed by atoms with Gasteiger partial charge >= 0.3 is 0 Å². The summed E-state index contributed by atoms with van der Waals surface area (Å²) in [6, 6.07) is 33.0. The Kier molecular flexibility index (Phi) is 18.5. The maximum atomic E-state index is 13.2. The highest BCUT2D eigenvalue weighted by Gasteiger charge is 2.32. The molecule has 372 valence electrons. The lowest BCUT2D eigenvalue weighted by Gasteiger charge is -2.31. The molecule has 2 aliphatic heterocycles. The van der Waals surface area contributed by atoms with E-state index in [9.17, 15) is 26.4 Å². The maximum Gasteiger partial charge on any atom is 0.252 e. The van der Waals surface area contributed by atoms with Gasteiger partial charge in [0.25, 0.3) is 31.9 Å². The molecule has 0 unspecified atom stereocenters. The van der Waals surface area contributed by atoms with E-state index in [0.717, 1.165) is 65.4 Å². The summed E-state index contributed by atoms with van der Waals surface area (Å²) in [6.45, 7) is 3.91.